The molecule has 3 nitrogen and oxygen atoms in total. The number of hydrogen-bond acceptors (Lipinski definition) is 3. The highest BCUT2D eigenvalue weighted by molar-refractivity contribution is 5.34. The molecule has 1 saturated heterocycles. The van der Waals surface area contributed by atoms with Crippen LogP contribution in [0.5, 0.6) is 0 Å². The monoisotopic (exact) mass is 262 g/mol. The van der Waals surface area contributed by atoms with Crippen molar-refractivity contribution in [3.63, 3.8) is 0 Å². The van der Waals surface area contributed by atoms with E-state index in [0.717, 1.165) is 31.4 Å². The number of fused-ring (bicyclic) bond motifs is 1. The third kappa shape index (κ3) is 3.16. The molecule has 1 aromatic carbocycles. The minimum atomic E-state index is -0.354. The molecule has 2 aliphatic heterocycles. The summed E-state index contributed by atoms with van der Waals surface area (Å²) < 4.78 is 11.0. The van der Waals surface area contributed by atoms with Gasteiger partial charge in [0, 0.05) is 6.61 Å². The van der Waals surface area contributed by atoms with Crippen LogP contribution in [0.1, 0.15) is 54.9 Å². The van der Waals surface area contributed by atoms with E-state index in [9.17, 15) is 5.11 Å². The maximum atomic E-state index is 10.2. The van der Waals surface area contributed by atoms with Gasteiger partial charge in [0.1, 0.15) is 0 Å². The summed E-state index contributed by atoms with van der Waals surface area (Å²) in [6, 6.07) is 6.21. The second kappa shape index (κ2) is 6.04. The Hall–Kier alpha value is -0.900. The summed E-state index contributed by atoms with van der Waals surface area (Å²) >= 11 is 0. The molecule has 0 bridgehead atoms. The third-order valence-electron chi connectivity index (χ3n) is 4.16. The Morgan fingerprint density at radius 3 is 3.00 bits per heavy atom. The molecule has 3 heteroatoms. The van der Waals surface area contributed by atoms with Crippen molar-refractivity contribution in [2.75, 3.05) is 6.61 Å². The first-order valence-corrected chi connectivity index (χ1v) is 7.32. The quantitative estimate of drug-likeness (QED) is 0.886. The number of hydrogen-bond donors (Lipinski definition) is 1. The summed E-state index contributed by atoms with van der Waals surface area (Å²) in [5.41, 5.74) is 3.52. The molecule has 1 N–H and O–H groups in total. The summed E-state index contributed by atoms with van der Waals surface area (Å²) in [5.74, 6) is 0. The van der Waals surface area contributed by atoms with Crippen molar-refractivity contribution in [2.24, 2.45) is 0 Å². The molecular formula is C16H22O3. The fourth-order valence-electron chi connectivity index (χ4n) is 2.98. The Labute approximate surface area is 114 Å². The van der Waals surface area contributed by atoms with E-state index < -0.39 is 0 Å². The molecule has 2 atom stereocenters. The van der Waals surface area contributed by atoms with Gasteiger partial charge in [0.25, 0.3) is 0 Å². The average Bonchev–Trinajstić information content (AvgIpc) is 3.08. The van der Waals surface area contributed by atoms with Crippen LogP contribution in [0.3, 0.4) is 0 Å². The van der Waals surface area contributed by atoms with Crippen molar-refractivity contribution in [2.45, 2.75) is 57.5 Å². The summed E-state index contributed by atoms with van der Waals surface area (Å²) in [5, 5.41) is 10.2. The van der Waals surface area contributed by atoms with Crippen LogP contribution in [0.4, 0.5) is 0 Å². The van der Waals surface area contributed by atoms with E-state index in [1.54, 1.807) is 0 Å². The van der Waals surface area contributed by atoms with Gasteiger partial charge in [-0.15, -0.1) is 0 Å². The minimum Gasteiger partial charge on any atom is -0.388 e. The van der Waals surface area contributed by atoms with Crippen LogP contribution in [0, 0.1) is 0 Å². The first kappa shape index (κ1) is 13.1. The lowest BCUT2D eigenvalue weighted by Crippen LogP contribution is -2.06. The number of aliphatic hydroxyl groups is 1. The van der Waals surface area contributed by atoms with Crippen molar-refractivity contribution in [3.8, 4) is 0 Å². The lowest BCUT2D eigenvalue weighted by molar-refractivity contribution is 0.0944. The van der Waals surface area contributed by atoms with Crippen molar-refractivity contribution in [3.05, 3.63) is 34.9 Å². The van der Waals surface area contributed by atoms with E-state index in [-0.39, 0.29) is 6.10 Å². The summed E-state index contributed by atoms with van der Waals surface area (Å²) in [4.78, 5) is 0. The molecule has 2 heterocycles. The van der Waals surface area contributed by atoms with Crippen LogP contribution in [0.25, 0.3) is 0 Å². The molecular weight excluding hydrogens is 240 g/mol. The second-order valence-corrected chi connectivity index (χ2v) is 5.60. The Bertz CT molecular complexity index is 424. The molecule has 0 amide bonds. The SMILES string of the molecule is OC(CCCC1CCCO1)c1ccc2c(c1)COC2. The standard InChI is InChI=1S/C16H22O3/c17-16(5-1-3-15-4-2-8-19-15)12-6-7-13-10-18-11-14(13)9-12/h6-7,9,15-17H,1-5,8,10-11H2. The molecule has 0 spiro atoms. The summed E-state index contributed by atoms with van der Waals surface area (Å²) in [6.45, 7) is 2.31. The van der Waals surface area contributed by atoms with Gasteiger partial charge >= 0.3 is 0 Å². The number of aliphatic hydroxyl groups excluding tert-OH is 1. The maximum Gasteiger partial charge on any atom is 0.0790 e. The smallest absolute Gasteiger partial charge is 0.0790 e. The van der Waals surface area contributed by atoms with E-state index in [1.807, 2.05) is 6.07 Å². The Morgan fingerprint density at radius 2 is 2.16 bits per heavy atom. The number of benzene rings is 1. The number of rotatable bonds is 5. The fraction of sp³-hybridized carbons (Fsp3) is 0.625. The molecule has 104 valence electrons. The highest BCUT2D eigenvalue weighted by atomic mass is 16.5. The third-order valence-corrected chi connectivity index (χ3v) is 4.16. The van der Waals surface area contributed by atoms with Crippen LogP contribution in [0.15, 0.2) is 18.2 Å². The molecule has 0 saturated carbocycles. The summed E-state index contributed by atoms with van der Waals surface area (Å²) in [7, 11) is 0. The van der Waals surface area contributed by atoms with E-state index in [4.69, 9.17) is 9.47 Å². The first-order chi connectivity index (χ1) is 9.33. The largest absolute Gasteiger partial charge is 0.388 e. The van der Waals surface area contributed by atoms with E-state index in [1.165, 1.54) is 24.0 Å². The molecule has 1 fully saturated rings. The average molecular weight is 262 g/mol. The zero-order valence-electron chi connectivity index (χ0n) is 11.3. The molecule has 1 aromatic rings. The second-order valence-electron chi connectivity index (χ2n) is 5.60. The van der Waals surface area contributed by atoms with Crippen LogP contribution in [-0.4, -0.2) is 17.8 Å². The van der Waals surface area contributed by atoms with E-state index in [2.05, 4.69) is 12.1 Å². The minimum absolute atomic E-state index is 0.354. The predicted octanol–water partition coefficient (Wildman–Crippen LogP) is 3.10. The molecule has 3 rings (SSSR count). The van der Waals surface area contributed by atoms with Gasteiger partial charge in [-0.1, -0.05) is 18.2 Å². The Kier molecular flexibility index (Phi) is 4.16. The normalized spacial score (nSPS) is 23.5. The number of ether oxygens (including phenoxy) is 2. The van der Waals surface area contributed by atoms with Gasteiger partial charge in [-0.05, 0) is 48.8 Å². The topological polar surface area (TPSA) is 38.7 Å². The lowest BCUT2D eigenvalue weighted by atomic mass is 9.98. The zero-order valence-corrected chi connectivity index (χ0v) is 11.3. The summed E-state index contributed by atoms with van der Waals surface area (Å²) in [6.07, 6.45) is 5.38. The van der Waals surface area contributed by atoms with Crippen LogP contribution in [0.2, 0.25) is 0 Å². The van der Waals surface area contributed by atoms with Gasteiger partial charge in [-0.3, -0.25) is 0 Å². The molecule has 0 aliphatic carbocycles. The fourth-order valence-corrected chi connectivity index (χ4v) is 2.98. The van der Waals surface area contributed by atoms with Crippen molar-refractivity contribution in [1.82, 2.24) is 0 Å². The molecule has 19 heavy (non-hydrogen) atoms. The maximum absolute atomic E-state index is 10.2. The van der Waals surface area contributed by atoms with Crippen molar-refractivity contribution >= 4 is 0 Å². The van der Waals surface area contributed by atoms with Gasteiger partial charge in [0.15, 0.2) is 0 Å². The van der Waals surface area contributed by atoms with Gasteiger partial charge < -0.3 is 14.6 Å². The van der Waals surface area contributed by atoms with Crippen LogP contribution >= 0.6 is 0 Å². The molecule has 0 radical (unpaired) electrons. The lowest BCUT2D eigenvalue weighted by Gasteiger charge is -2.14. The highest BCUT2D eigenvalue weighted by Crippen LogP contribution is 2.27. The van der Waals surface area contributed by atoms with Crippen LogP contribution < -0.4 is 0 Å². The molecule has 2 unspecified atom stereocenters. The van der Waals surface area contributed by atoms with Gasteiger partial charge in [-0.25, -0.2) is 0 Å². The Morgan fingerprint density at radius 1 is 1.26 bits per heavy atom. The van der Waals surface area contributed by atoms with Crippen molar-refractivity contribution < 1.29 is 14.6 Å². The van der Waals surface area contributed by atoms with E-state index >= 15 is 0 Å². The van der Waals surface area contributed by atoms with Gasteiger partial charge in [0.05, 0.1) is 25.4 Å². The first-order valence-electron chi connectivity index (χ1n) is 7.32. The zero-order chi connectivity index (χ0) is 13.1. The Balaban J connectivity index is 1.50. The van der Waals surface area contributed by atoms with Crippen molar-refractivity contribution in [1.29, 1.82) is 0 Å². The van der Waals surface area contributed by atoms with Gasteiger partial charge in [-0.2, -0.15) is 0 Å². The molecule has 0 aromatic heterocycles. The van der Waals surface area contributed by atoms with E-state index in [0.29, 0.717) is 19.3 Å². The predicted molar refractivity (Wildman–Crippen MR) is 72.7 cm³/mol. The molecule has 2 aliphatic rings. The highest BCUT2D eigenvalue weighted by Gasteiger charge is 2.17. The van der Waals surface area contributed by atoms with Gasteiger partial charge in [0.2, 0.25) is 0 Å². The van der Waals surface area contributed by atoms with Crippen LogP contribution in [-0.2, 0) is 22.7 Å².